The molecule has 0 radical (unpaired) electrons. The van der Waals surface area contributed by atoms with E-state index in [0.29, 0.717) is 70.7 Å². The Balaban J connectivity index is 1.55. The van der Waals surface area contributed by atoms with E-state index >= 15 is 0 Å². The number of ether oxygens (including phenoxy) is 3. The van der Waals surface area contributed by atoms with Gasteiger partial charge in [-0.25, -0.2) is 14.8 Å². The van der Waals surface area contributed by atoms with Crippen molar-refractivity contribution >= 4 is 57.4 Å². The lowest BCUT2D eigenvalue weighted by Gasteiger charge is -2.21. The van der Waals surface area contributed by atoms with Gasteiger partial charge in [-0.05, 0) is 24.6 Å². The number of ketones is 1. The molecule has 2 saturated heterocycles. The van der Waals surface area contributed by atoms with Crippen LogP contribution >= 0.6 is 23.2 Å². The third-order valence-electron chi connectivity index (χ3n) is 7.78. The molecule has 3 N–H and O–H groups in total. The molecule has 2 aromatic heterocycles. The van der Waals surface area contributed by atoms with Gasteiger partial charge in [-0.2, -0.15) is 0 Å². The van der Waals surface area contributed by atoms with E-state index < -0.39 is 0 Å². The van der Waals surface area contributed by atoms with Gasteiger partial charge in [-0.15, -0.1) is 0 Å². The molecule has 3 atom stereocenters. The highest BCUT2D eigenvalue weighted by atomic mass is 35.5. The standard InChI is InChI=1S/C30H34Cl2N6O5/c1-5-19(39)8-17-13-38(30(40)33-2)14-22(17)36-25-10-20-16(12-34-25)9-21(37-29(20)35-18-6-7-43-15-18)26-27(31)23(41-3)11-24(42-4)28(26)32/h5,9-12,17-18,22H,1,6-8,13-15H2,2-4H3,(H,33,40)(H,34,36)(H,35,37)/t17-,18?,22+/m0/s1. The van der Waals surface area contributed by atoms with Gasteiger partial charge >= 0.3 is 6.03 Å². The fraction of sp³-hybridized carbons (Fsp3) is 0.400. The Labute approximate surface area is 259 Å². The van der Waals surface area contributed by atoms with Crippen molar-refractivity contribution in [2.24, 2.45) is 5.92 Å². The SMILES string of the molecule is C=CC(=O)C[C@H]1CN(C(=O)NC)C[C@H]1Nc1cc2c(NC3CCOC3)nc(-c3c(Cl)c(OC)cc(OC)c3Cl)cc2cn1. The Bertz CT molecular complexity index is 1520. The molecule has 1 unspecified atom stereocenters. The molecule has 5 rings (SSSR count). The number of hydrogen-bond acceptors (Lipinski definition) is 9. The number of carbonyl (C=O) groups excluding carboxylic acids is 2. The number of amides is 2. The third-order valence-corrected chi connectivity index (χ3v) is 8.53. The summed E-state index contributed by atoms with van der Waals surface area (Å²) in [5, 5.41) is 11.9. The quantitative estimate of drug-likeness (QED) is 0.265. The van der Waals surface area contributed by atoms with E-state index in [2.05, 4.69) is 27.5 Å². The van der Waals surface area contributed by atoms with E-state index in [0.717, 1.165) is 17.2 Å². The predicted molar refractivity (Wildman–Crippen MR) is 168 cm³/mol. The maximum absolute atomic E-state index is 12.4. The molecular weight excluding hydrogens is 595 g/mol. The summed E-state index contributed by atoms with van der Waals surface area (Å²) in [6.45, 7) is 5.67. The highest BCUT2D eigenvalue weighted by Gasteiger charge is 2.36. The normalized spacial score (nSPS) is 19.7. The summed E-state index contributed by atoms with van der Waals surface area (Å²) >= 11 is 13.5. The van der Waals surface area contributed by atoms with Crippen LogP contribution in [0.1, 0.15) is 12.8 Å². The molecule has 0 spiro atoms. The summed E-state index contributed by atoms with van der Waals surface area (Å²) in [5.41, 5.74) is 0.993. The molecule has 2 amide bonds. The minimum atomic E-state index is -0.195. The van der Waals surface area contributed by atoms with Crippen molar-refractivity contribution in [1.29, 1.82) is 0 Å². The van der Waals surface area contributed by atoms with Gasteiger partial charge in [0.25, 0.3) is 0 Å². The summed E-state index contributed by atoms with van der Waals surface area (Å²) in [5.74, 6) is 1.83. The van der Waals surface area contributed by atoms with E-state index in [-0.39, 0.29) is 36.2 Å². The number of nitrogens with zero attached hydrogens (tertiary/aromatic N) is 3. The summed E-state index contributed by atoms with van der Waals surface area (Å²) in [6.07, 6.45) is 4.16. The van der Waals surface area contributed by atoms with Gasteiger partial charge < -0.3 is 35.1 Å². The Morgan fingerprint density at radius 1 is 1.14 bits per heavy atom. The highest BCUT2D eigenvalue weighted by molar-refractivity contribution is 6.41. The van der Waals surface area contributed by atoms with Crippen molar-refractivity contribution in [3.8, 4) is 22.8 Å². The fourth-order valence-corrected chi connectivity index (χ4v) is 6.21. The number of methoxy groups -OCH3 is 2. The second-order valence-corrected chi connectivity index (χ2v) is 11.2. The zero-order valence-corrected chi connectivity index (χ0v) is 25.7. The first-order chi connectivity index (χ1) is 20.8. The molecule has 2 aliphatic rings. The van der Waals surface area contributed by atoms with Crippen LogP contribution in [-0.4, -0.2) is 86.3 Å². The molecule has 11 nitrogen and oxygen atoms in total. The van der Waals surface area contributed by atoms with E-state index in [1.54, 1.807) is 24.2 Å². The fourth-order valence-electron chi connectivity index (χ4n) is 5.51. The monoisotopic (exact) mass is 628 g/mol. The lowest BCUT2D eigenvalue weighted by Crippen LogP contribution is -2.37. The average Bonchev–Trinajstić information content (AvgIpc) is 3.67. The van der Waals surface area contributed by atoms with Crippen LogP contribution in [0.3, 0.4) is 0 Å². The van der Waals surface area contributed by atoms with E-state index in [9.17, 15) is 9.59 Å². The number of allylic oxidation sites excluding steroid dienone is 1. The molecule has 0 aliphatic carbocycles. The number of pyridine rings is 2. The van der Waals surface area contributed by atoms with Crippen molar-refractivity contribution in [3.05, 3.63) is 47.1 Å². The van der Waals surface area contributed by atoms with Gasteiger partial charge in [-0.3, -0.25) is 4.79 Å². The Morgan fingerprint density at radius 3 is 2.51 bits per heavy atom. The summed E-state index contributed by atoms with van der Waals surface area (Å²) < 4.78 is 16.5. The van der Waals surface area contributed by atoms with Gasteiger partial charge in [-0.1, -0.05) is 29.8 Å². The number of halogens is 2. The molecule has 2 aliphatic heterocycles. The molecule has 43 heavy (non-hydrogen) atoms. The van der Waals surface area contributed by atoms with Crippen molar-refractivity contribution in [3.63, 3.8) is 0 Å². The first kappa shape index (κ1) is 30.7. The Kier molecular flexibility index (Phi) is 9.43. The molecule has 0 saturated carbocycles. The first-order valence-electron chi connectivity index (χ1n) is 13.9. The van der Waals surface area contributed by atoms with Crippen LogP contribution in [0.15, 0.2) is 37.1 Å². The number of carbonyl (C=O) groups is 2. The lowest BCUT2D eigenvalue weighted by molar-refractivity contribution is -0.115. The number of fused-ring (bicyclic) bond motifs is 1. The van der Waals surface area contributed by atoms with Crippen LogP contribution in [0.4, 0.5) is 16.4 Å². The maximum atomic E-state index is 12.4. The number of likely N-dealkylation sites (tertiary alicyclic amines) is 1. The number of urea groups is 1. The van der Waals surface area contributed by atoms with Gasteiger partial charge in [0, 0.05) is 67.7 Å². The zero-order chi connectivity index (χ0) is 30.7. The number of benzene rings is 1. The van der Waals surface area contributed by atoms with E-state index in [1.165, 1.54) is 20.3 Å². The Hall–Kier alpha value is -3.80. The first-order valence-corrected chi connectivity index (χ1v) is 14.7. The molecule has 13 heteroatoms. The van der Waals surface area contributed by atoms with Crippen LogP contribution in [0.2, 0.25) is 10.0 Å². The zero-order valence-electron chi connectivity index (χ0n) is 24.2. The topological polar surface area (TPSA) is 127 Å². The van der Waals surface area contributed by atoms with Crippen molar-refractivity contribution < 1.29 is 23.8 Å². The van der Waals surface area contributed by atoms with Crippen LogP contribution in [0, 0.1) is 5.92 Å². The van der Waals surface area contributed by atoms with Crippen molar-refractivity contribution in [1.82, 2.24) is 20.2 Å². The summed E-state index contributed by atoms with van der Waals surface area (Å²) in [7, 11) is 4.63. The smallest absolute Gasteiger partial charge is 0.317 e. The number of hydrogen-bond donors (Lipinski definition) is 3. The second kappa shape index (κ2) is 13.2. The number of nitrogens with one attached hydrogen (secondary N) is 3. The number of aromatic nitrogens is 2. The Morgan fingerprint density at radius 2 is 1.88 bits per heavy atom. The predicted octanol–water partition coefficient (Wildman–Crippen LogP) is 5.02. The minimum absolute atomic E-state index is 0.0616. The van der Waals surface area contributed by atoms with Crippen molar-refractivity contribution in [2.45, 2.75) is 24.9 Å². The molecule has 2 fully saturated rings. The van der Waals surface area contributed by atoms with Gasteiger partial charge in [0.2, 0.25) is 0 Å². The van der Waals surface area contributed by atoms with Crippen LogP contribution < -0.4 is 25.4 Å². The van der Waals surface area contributed by atoms with Gasteiger partial charge in [0.15, 0.2) is 5.78 Å². The molecule has 0 bridgehead atoms. The van der Waals surface area contributed by atoms with E-state index in [4.69, 9.17) is 42.4 Å². The highest BCUT2D eigenvalue weighted by Crippen LogP contribution is 2.46. The average molecular weight is 630 g/mol. The lowest BCUT2D eigenvalue weighted by atomic mass is 9.97. The van der Waals surface area contributed by atoms with Crippen LogP contribution in [0.25, 0.3) is 22.0 Å². The van der Waals surface area contributed by atoms with E-state index in [1.807, 2.05) is 12.1 Å². The summed E-state index contributed by atoms with van der Waals surface area (Å²) in [4.78, 5) is 36.0. The van der Waals surface area contributed by atoms with Gasteiger partial charge in [0.1, 0.15) is 23.1 Å². The molecule has 4 heterocycles. The largest absolute Gasteiger partial charge is 0.495 e. The van der Waals surface area contributed by atoms with Crippen molar-refractivity contribution in [2.75, 3.05) is 58.2 Å². The van der Waals surface area contributed by atoms with Crippen LogP contribution in [0.5, 0.6) is 11.5 Å². The minimum Gasteiger partial charge on any atom is -0.495 e. The molecule has 228 valence electrons. The second-order valence-electron chi connectivity index (χ2n) is 10.5. The maximum Gasteiger partial charge on any atom is 0.317 e. The third kappa shape index (κ3) is 6.43. The summed E-state index contributed by atoms with van der Waals surface area (Å²) in [6, 6.07) is 5.08. The molecule has 3 aromatic rings. The number of anilines is 2. The van der Waals surface area contributed by atoms with Gasteiger partial charge in [0.05, 0.1) is 48.6 Å². The van der Waals surface area contributed by atoms with Crippen LogP contribution in [-0.2, 0) is 9.53 Å². The number of rotatable bonds is 10. The molecule has 1 aromatic carbocycles. The molecular formula is C30H34Cl2N6O5.